The number of alkyl halides is 6. The van der Waals surface area contributed by atoms with Crippen molar-refractivity contribution >= 4 is 21.4 Å². The number of sulfone groups is 1. The molecule has 0 saturated carbocycles. The lowest BCUT2D eigenvalue weighted by Gasteiger charge is -2.24. The molecule has 0 unspecified atom stereocenters. The van der Waals surface area contributed by atoms with Gasteiger partial charge in [0.1, 0.15) is 10.4 Å². The van der Waals surface area contributed by atoms with Gasteiger partial charge < -0.3 is 5.32 Å². The lowest BCUT2D eigenvalue weighted by atomic mass is 10.1. The van der Waals surface area contributed by atoms with Crippen molar-refractivity contribution in [3.63, 3.8) is 0 Å². The molecule has 5 nitrogen and oxygen atoms in total. The summed E-state index contributed by atoms with van der Waals surface area (Å²) in [6.45, 7) is 2.03. The number of benzene rings is 1. The smallest absolute Gasteiger partial charge is 0.325 e. The van der Waals surface area contributed by atoms with Crippen molar-refractivity contribution in [3.8, 4) is 0 Å². The minimum atomic E-state index is -4.77. The second kappa shape index (κ2) is 7.32. The molecular formula is C17H14F6N2O3S. The summed E-state index contributed by atoms with van der Waals surface area (Å²) in [6.07, 6.45) is -8.86. The van der Waals surface area contributed by atoms with Crippen molar-refractivity contribution in [1.82, 2.24) is 4.98 Å². The number of carbonyl (C=O) groups excluding carboxylic acids is 1. The summed E-state index contributed by atoms with van der Waals surface area (Å²) in [5.41, 5.74) is -2.35. The van der Waals surface area contributed by atoms with E-state index in [0.29, 0.717) is 30.5 Å². The number of pyridine rings is 1. The molecule has 0 atom stereocenters. The van der Waals surface area contributed by atoms with Gasteiger partial charge in [-0.25, -0.2) is 8.42 Å². The Bertz CT molecular complexity index is 995. The molecule has 0 aliphatic carbocycles. The normalized spacial score (nSPS) is 13.2. The molecular weight excluding hydrogens is 426 g/mol. The maximum absolute atomic E-state index is 12.7. The first-order valence-electron chi connectivity index (χ1n) is 7.83. The first-order chi connectivity index (χ1) is 13.1. The summed E-state index contributed by atoms with van der Waals surface area (Å²) in [4.78, 5) is 14.9. The Morgan fingerprint density at radius 3 is 1.86 bits per heavy atom. The number of halogens is 6. The molecule has 0 spiro atoms. The number of nitrogens with one attached hydrogen (secondary N) is 1. The van der Waals surface area contributed by atoms with Gasteiger partial charge >= 0.3 is 12.4 Å². The molecule has 29 heavy (non-hydrogen) atoms. The molecule has 12 heteroatoms. The van der Waals surface area contributed by atoms with Crippen LogP contribution >= 0.6 is 0 Å². The van der Waals surface area contributed by atoms with E-state index >= 15 is 0 Å². The fourth-order valence-corrected chi connectivity index (χ4v) is 3.47. The summed E-state index contributed by atoms with van der Waals surface area (Å²) in [6, 6.07) is 4.45. The van der Waals surface area contributed by atoms with E-state index < -0.39 is 49.0 Å². The Hall–Kier alpha value is -2.63. The van der Waals surface area contributed by atoms with Crippen molar-refractivity contribution < 1.29 is 39.6 Å². The number of rotatable bonds is 4. The summed E-state index contributed by atoms with van der Waals surface area (Å²) in [5, 5.41) is 2.19. The standard InChI is InChI=1S/C17H14F6N2O3S/c1-15(2,14(26)25-11-5-3-10(4-6-11)16(18,19)20)29(27,28)12-7-8-13(24-9-12)17(21,22)23/h3-9H,1-2H3,(H,25,26). The van der Waals surface area contributed by atoms with E-state index in [1.165, 1.54) is 0 Å². The van der Waals surface area contributed by atoms with E-state index in [2.05, 4.69) is 10.3 Å². The number of hydrogen-bond acceptors (Lipinski definition) is 4. The van der Waals surface area contributed by atoms with E-state index in [-0.39, 0.29) is 5.69 Å². The lowest BCUT2D eigenvalue weighted by Crippen LogP contribution is -2.44. The van der Waals surface area contributed by atoms with Crippen LogP contribution in [0.15, 0.2) is 47.5 Å². The first kappa shape index (κ1) is 22.7. The molecule has 0 radical (unpaired) electrons. The van der Waals surface area contributed by atoms with Crippen molar-refractivity contribution in [3.05, 3.63) is 53.9 Å². The zero-order valence-corrected chi connectivity index (χ0v) is 15.7. The van der Waals surface area contributed by atoms with E-state index in [1.54, 1.807) is 0 Å². The Balaban J connectivity index is 2.27. The Morgan fingerprint density at radius 2 is 1.45 bits per heavy atom. The fourth-order valence-electron chi connectivity index (χ4n) is 2.15. The topological polar surface area (TPSA) is 76.1 Å². The molecule has 2 rings (SSSR count). The number of carbonyl (C=O) groups is 1. The van der Waals surface area contributed by atoms with Crippen LogP contribution in [-0.4, -0.2) is 24.1 Å². The molecule has 0 aliphatic heterocycles. The molecule has 0 bridgehead atoms. The molecule has 2 aromatic rings. The molecule has 0 saturated heterocycles. The van der Waals surface area contributed by atoms with Gasteiger partial charge in [0.15, 0.2) is 9.84 Å². The largest absolute Gasteiger partial charge is 0.433 e. The summed E-state index contributed by atoms with van der Waals surface area (Å²) < 4.78 is 98.7. The van der Waals surface area contributed by atoms with Crippen LogP contribution in [0.5, 0.6) is 0 Å². The molecule has 158 valence electrons. The average Bonchev–Trinajstić information content (AvgIpc) is 2.60. The SMILES string of the molecule is CC(C)(C(=O)Nc1ccc(C(F)(F)F)cc1)S(=O)(=O)c1ccc(C(F)(F)F)nc1. The second-order valence-electron chi connectivity index (χ2n) is 6.42. The minimum absolute atomic E-state index is 0.0863. The van der Waals surface area contributed by atoms with Crippen LogP contribution in [0.25, 0.3) is 0 Å². The number of amides is 1. The van der Waals surface area contributed by atoms with Gasteiger partial charge in [-0.1, -0.05) is 0 Å². The van der Waals surface area contributed by atoms with Gasteiger partial charge in [0, 0.05) is 11.9 Å². The highest BCUT2D eigenvalue weighted by Gasteiger charge is 2.43. The van der Waals surface area contributed by atoms with Crippen LogP contribution in [0.1, 0.15) is 25.1 Å². The van der Waals surface area contributed by atoms with Crippen molar-refractivity contribution in [2.45, 2.75) is 35.8 Å². The van der Waals surface area contributed by atoms with E-state index in [9.17, 15) is 39.6 Å². The number of hydrogen-bond donors (Lipinski definition) is 1. The number of nitrogens with zero attached hydrogens (tertiary/aromatic N) is 1. The third-order valence-corrected chi connectivity index (χ3v) is 6.42. The molecule has 0 fully saturated rings. The highest BCUT2D eigenvalue weighted by atomic mass is 32.2. The monoisotopic (exact) mass is 440 g/mol. The Labute approximate surface area is 161 Å². The highest BCUT2D eigenvalue weighted by Crippen LogP contribution is 2.32. The lowest BCUT2D eigenvalue weighted by molar-refractivity contribution is -0.141. The first-order valence-corrected chi connectivity index (χ1v) is 9.32. The minimum Gasteiger partial charge on any atom is -0.325 e. The summed E-state index contributed by atoms with van der Waals surface area (Å²) in [5.74, 6) is -1.09. The third kappa shape index (κ3) is 4.69. The average molecular weight is 440 g/mol. The van der Waals surface area contributed by atoms with Crippen LogP contribution in [0.4, 0.5) is 32.0 Å². The van der Waals surface area contributed by atoms with Gasteiger partial charge in [-0.3, -0.25) is 9.78 Å². The predicted molar refractivity (Wildman–Crippen MR) is 90.6 cm³/mol. The van der Waals surface area contributed by atoms with Gasteiger partial charge in [-0.2, -0.15) is 26.3 Å². The van der Waals surface area contributed by atoms with Gasteiger partial charge in [0.05, 0.1) is 10.5 Å². The molecule has 1 amide bonds. The van der Waals surface area contributed by atoms with Crippen LogP contribution in [-0.2, 0) is 27.0 Å². The number of aromatic nitrogens is 1. The summed E-state index contributed by atoms with van der Waals surface area (Å²) in [7, 11) is -4.47. The zero-order valence-electron chi connectivity index (χ0n) is 14.9. The molecule has 1 N–H and O–H groups in total. The second-order valence-corrected chi connectivity index (χ2v) is 8.92. The number of anilines is 1. The van der Waals surface area contributed by atoms with Crippen LogP contribution in [0.2, 0.25) is 0 Å². The fraction of sp³-hybridized carbons (Fsp3) is 0.294. The predicted octanol–water partition coefficient (Wildman–Crippen LogP) is 4.31. The van der Waals surface area contributed by atoms with E-state index in [1.807, 2.05) is 0 Å². The van der Waals surface area contributed by atoms with Gasteiger partial charge in [-0.15, -0.1) is 0 Å². The zero-order chi connectivity index (χ0) is 22.3. The molecule has 1 heterocycles. The Morgan fingerprint density at radius 1 is 0.897 bits per heavy atom. The van der Waals surface area contributed by atoms with Crippen LogP contribution in [0.3, 0.4) is 0 Å². The van der Waals surface area contributed by atoms with Crippen LogP contribution < -0.4 is 5.32 Å². The molecule has 1 aromatic heterocycles. The third-order valence-electron chi connectivity index (χ3n) is 4.03. The maximum Gasteiger partial charge on any atom is 0.433 e. The maximum atomic E-state index is 12.7. The van der Waals surface area contributed by atoms with E-state index in [0.717, 1.165) is 26.0 Å². The molecule has 0 aliphatic rings. The van der Waals surface area contributed by atoms with Gasteiger partial charge in [0.2, 0.25) is 5.91 Å². The van der Waals surface area contributed by atoms with Crippen LogP contribution in [0, 0.1) is 0 Å². The van der Waals surface area contributed by atoms with Crippen molar-refractivity contribution in [2.75, 3.05) is 5.32 Å². The molecule has 1 aromatic carbocycles. The van der Waals surface area contributed by atoms with Gasteiger partial charge in [0.25, 0.3) is 0 Å². The highest BCUT2D eigenvalue weighted by molar-refractivity contribution is 7.93. The van der Waals surface area contributed by atoms with E-state index in [4.69, 9.17) is 0 Å². The van der Waals surface area contributed by atoms with Crippen molar-refractivity contribution in [1.29, 1.82) is 0 Å². The van der Waals surface area contributed by atoms with Gasteiger partial charge in [-0.05, 0) is 50.2 Å². The van der Waals surface area contributed by atoms with Crippen molar-refractivity contribution in [2.24, 2.45) is 0 Å². The quantitative estimate of drug-likeness (QED) is 0.719. The summed E-state index contributed by atoms with van der Waals surface area (Å²) >= 11 is 0. The Kier molecular flexibility index (Phi) is 5.72.